The summed E-state index contributed by atoms with van der Waals surface area (Å²) in [5, 5.41) is 3.55. The lowest BCUT2D eigenvalue weighted by atomic mass is 10.3. The molecule has 1 fully saturated rings. The molecule has 3 rings (SSSR count). The van der Waals surface area contributed by atoms with Gasteiger partial charge in [-0.3, -0.25) is 4.90 Å². The summed E-state index contributed by atoms with van der Waals surface area (Å²) in [5.74, 6) is 1.14. The monoisotopic (exact) mass is 351 g/mol. The molecular weight excluding hydrogens is 326 g/mol. The molecule has 1 N–H and O–H groups in total. The fourth-order valence-corrected chi connectivity index (χ4v) is 4.73. The molecule has 1 aliphatic rings. The number of fused-ring (bicyclic) bond motifs is 1. The predicted octanol–water partition coefficient (Wildman–Crippen LogP) is 3.09. The fraction of sp³-hybridized carbons (Fsp3) is 0.588. The maximum Gasteiger partial charge on any atom is 0.151 e. The zero-order valence-corrected chi connectivity index (χ0v) is 15.1. The van der Waals surface area contributed by atoms with Crippen LogP contribution in [0, 0.1) is 0 Å². The third kappa shape index (κ3) is 5.72. The van der Waals surface area contributed by atoms with E-state index in [0.29, 0.717) is 0 Å². The molecule has 1 saturated heterocycles. The normalized spacial score (nSPS) is 16.2. The van der Waals surface area contributed by atoms with Gasteiger partial charge in [0, 0.05) is 18.8 Å². The van der Waals surface area contributed by atoms with Gasteiger partial charge in [0.2, 0.25) is 0 Å². The number of ether oxygens (including phenoxy) is 1. The second-order valence-corrected chi connectivity index (χ2v) is 8.08. The SMILES string of the molecule is c1ccc2sc(SCCCNCCCN3CCOCC3)nc2c1. The number of para-hydroxylation sites is 1. The molecule has 126 valence electrons. The van der Waals surface area contributed by atoms with Crippen molar-refractivity contribution < 1.29 is 4.74 Å². The van der Waals surface area contributed by atoms with Gasteiger partial charge in [0.05, 0.1) is 23.4 Å². The second kappa shape index (κ2) is 9.59. The topological polar surface area (TPSA) is 37.4 Å². The molecule has 0 spiro atoms. The summed E-state index contributed by atoms with van der Waals surface area (Å²) < 4.78 is 7.84. The number of hydrogen-bond acceptors (Lipinski definition) is 6. The lowest BCUT2D eigenvalue weighted by molar-refractivity contribution is 0.0375. The quantitative estimate of drug-likeness (QED) is 0.555. The molecule has 0 amide bonds. The highest BCUT2D eigenvalue weighted by Crippen LogP contribution is 2.29. The molecule has 0 bridgehead atoms. The highest BCUT2D eigenvalue weighted by atomic mass is 32.2. The Morgan fingerprint density at radius 2 is 2.00 bits per heavy atom. The minimum absolute atomic E-state index is 0.899. The van der Waals surface area contributed by atoms with E-state index in [1.807, 2.05) is 11.8 Å². The van der Waals surface area contributed by atoms with Crippen LogP contribution in [-0.2, 0) is 4.74 Å². The summed E-state index contributed by atoms with van der Waals surface area (Å²) >= 11 is 3.68. The third-order valence-corrected chi connectivity index (χ3v) is 6.19. The number of thioether (sulfide) groups is 1. The molecule has 0 radical (unpaired) electrons. The van der Waals surface area contributed by atoms with Gasteiger partial charge in [-0.1, -0.05) is 23.9 Å². The van der Waals surface area contributed by atoms with Crippen LogP contribution >= 0.6 is 23.1 Å². The molecule has 23 heavy (non-hydrogen) atoms. The van der Waals surface area contributed by atoms with E-state index in [0.717, 1.165) is 50.7 Å². The Kier molecular flexibility index (Phi) is 7.16. The summed E-state index contributed by atoms with van der Waals surface area (Å²) in [4.78, 5) is 7.15. The van der Waals surface area contributed by atoms with Crippen LogP contribution in [0.25, 0.3) is 10.2 Å². The highest BCUT2D eigenvalue weighted by Gasteiger charge is 2.08. The molecule has 0 unspecified atom stereocenters. The van der Waals surface area contributed by atoms with Crippen molar-refractivity contribution in [3.63, 3.8) is 0 Å². The average molecular weight is 352 g/mol. The van der Waals surface area contributed by atoms with Crippen molar-refractivity contribution in [3.05, 3.63) is 24.3 Å². The van der Waals surface area contributed by atoms with Crippen LogP contribution in [0.2, 0.25) is 0 Å². The molecule has 2 aromatic rings. The fourth-order valence-electron chi connectivity index (χ4n) is 2.65. The first kappa shape index (κ1) is 17.2. The number of thiazole rings is 1. The molecule has 0 saturated carbocycles. The molecule has 1 aliphatic heterocycles. The summed E-state index contributed by atoms with van der Waals surface area (Å²) in [5.41, 5.74) is 1.13. The van der Waals surface area contributed by atoms with Crippen LogP contribution in [0.15, 0.2) is 28.6 Å². The first-order valence-corrected chi connectivity index (χ1v) is 10.2. The van der Waals surface area contributed by atoms with Crippen molar-refractivity contribution in [1.29, 1.82) is 0 Å². The zero-order chi connectivity index (χ0) is 15.7. The Morgan fingerprint density at radius 1 is 1.17 bits per heavy atom. The smallest absolute Gasteiger partial charge is 0.151 e. The molecular formula is C17H25N3OS2. The lowest BCUT2D eigenvalue weighted by Gasteiger charge is -2.26. The van der Waals surface area contributed by atoms with E-state index in [4.69, 9.17) is 4.74 Å². The second-order valence-electron chi connectivity index (χ2n) is 5.71. The van der Waals surface area contributed by atoms with Gasteiger partial charge in [-0.15, -0.1) is 11.3 Å². The maximum absolute atomic E-state index is 5.36. The van der Waals surface area contributed by atoms with Crippen LogP contribution in [0.1, 0.15) is 12.8 Å². The Labute approximate surface area is 146 Å². The lowest BCUT2D eigenvalue weighted by Crippen LogP contribution is -2.37. The molecule has 0 aliphatic carbocycles. The van der Waals surface area contributed by atoms with Crippen LogP contribution < -0.4 is 5.32 Å². The van der Waals surface area contributed by atoms with E-state index in [9.17, 15) is 0 Å². The van der Waals surface area contributed by atoms with Crippen LogP contribution in [0.3, 0.4) is 0 Å². The molecule has 0 atom stereocenters. The number of aromatic nitrogens is 1. The van der Waals surface area contributed by atoms with Crippen molar-refractivity contribution in [2.45, 2.75) is 17.2 Å². The predicted molar refractivity (Wildman–Crippen MR) is 99.7 cm³/mol. The van der Waals surface area contributed by atoms with Crippen LogP contribution in [0.4, 0.5) is 0 Å². The van der Waals surface area contributed by atoms with Gasteiger partial charge in [-0.25, -0.2) is 4.98 Å². The number of hydrogen-bond donors (Lipinski definition) is 1. The van der Waals surface area contributed by atoms with Gasteiger partial charge in [0.25, 0.3) is 0 Å². The molecule has 2 heterocycles. The van der Waals surface area contributed by atoms with E-state index in [-0.39, 0.29) is 0 Å². The Morgan fingerprint density at radius 3 is 2.87 bits per heavy atom. The number of benzene rings is 1. The Bertz CT molecular complexity index is 551. The largest absolute Gasteiger partial charge is 0.379 e. The zero-order valence-electron chi connectivity index (χ0n) is 13.5. The maximum atomic E-state index is 5.36. The van der Waals surface area contributed by atoms with E-state index in [1.54, 1.807) is 11.3 Å². The molecule has 4 nitrogen and oxygen atoms in total. The van der Waals surface area contributed by atoms with Gasteiger partial charge in [-0.2, -0.15) is 0 Å². The van der Waals surface area contributed by atoms with Crippen molar-refractivity contribution in [2.75, 3.05) is 51.7 Å². The molecule has 1 aromatic heterocycles. The van der Waals surface area contributed by atoms with E-state index < -0.39 is 0 Å². The van der Waals surface area contributed by atoms with Gasteiger partial charge in [-0.05, 0) is 44.6 Å². The number of rotatable bonds is 9. The summed E-state index contributed by atoms with van der Waals surface area (Å²) in [6.45, 7) is 7.39. The summed E-state index contributed by atoms with van der Waals surface area (Å²) in [6.07, 6.45) is 2.42. The Balaban J connectivity index is 1.21. The van der Waals surface area contributed by atoms with E-state index in [2.05, 4.69) is 39.5 Å². The van der Waals surface area contributed by atoms with Gasteiger partial charge < -0.3 is 10.1 Å². The van der Waals surface area contributed by atoms with Crippen LogP contribution in [0.5, 0.6) is 0 Å². The minimum Gasteiger partial charge on any atom is -0.379 e. The summed E-state index contributed by atoms with van der Waals surface area (Å²) in [6, 6.07) is 8.37. The Hall–Kier alpha value is -0.660. The van der Waals surface area contributed by atoms with Crippen LogP contribution in [-0.4, -0.2) is 61.6 Å². The van der Waals surface area contributed by atoms with Crippen molar-refractivity contribution in [1.82, 2.24) is 15.2 Å². The standard InChI is InChI=1S/C17H25N3OS2/c1-2-6-16-15(5-1)19-17(23-16)22-14-4-8-18-7-3-9-20-10-12-21-13-11-20/h1-2,5-6,18H,3-4,7-14H2. The average Bonchev–Trinajstić information content (AvgIpc) is 3.01. The number of nitrogens with one attached hydrogen (secondary N) is 1. The highest BCUT2D eigenvalue weighted by molar-refractivity contribution is 8.01. The molecule has 6 heteroatoms. The first-order valence-electron chi connectivity index (χ1n) is 8.41. The van der Waals surface area contributed by atoms with E-state index >= 15 is 0 Å². The summed E-state index contributed by atoms with van der Waals surface area (Å²) in [7, 11) is 0. The number of nitrogens with zero attached hydrogens (tertiary/aromatic N) is 2. The minimum atomic E-state index is 0.899. The third-order valence-electron chi connectivity index (χ3n) is 3.93. The van der Waals surface area contributed by atoms with Crippen molar-refractivity contribution in [3.8, 4) is 0 Å². The van der Waals surface area contributed by atoms with Gasteiger partial charge in [0.1, 0.15) is 0 Å². The van der Waals surface area contributed by atoms with Crippen molar-refractivity contribution >= 4 is 33.3 Å². The van der Waals surface area contributed by atoms with Gasteiger partial charge >= 0.3 is 0 Å². The van der Waals surface area contributed by atoms with E-state index in [1.165, 1.54) is 28.4 Å². The molecule has 1 aromatic carbocycles. The first-order chi connectivity index (χ1) is 11.4. The van der Waals surface area contributed by atoms with Gasteiger partial charge in [0.15, 0.2) is 4.34 Å². The van der Waals surface area contributed by atoms with Crippen molar-refractivity contribution in [2.24, 2.45) is 0 Å². The number of morpholine rings is 1.